The van der Waals surface area contributed by atoms with Crippen LogP contribution < -0.4 is 10.6 Å². The van der Waals surface area contributed by atoms with E-state index in [2.05, 4.69) is 10.6 Å². The second-order valence-corrected chi connectivity index (χ2v) is 6.62. The fourth-order valence-corrected chi connectivity index (χ4v) is 2.81. The third-order valence-electron chi connectivity index (χ3n) is 4.45. The summed E-state index contributed by atoms with van der Waals surface area (Å²) in [4.78, 5) is 24.8. The van der Waals surface area contributed by atoms with Crippen molar-refractivity contribution < 1.29 is 22.8 Å². The van der Waals surface area contributed by atoms with Crippen LogP contribution in [0, 0.1) is 0 Å². The van der Waals surface area contributed by atoms with E-state index in [4.69, 9.17) is 0 Å². The summed E-state index contributed by atoms with van der Waals surface area (Å²) in [6.07, 6.45) is -3.63. The van der Waals surface area contributed by atoms with E-state index in [0.717, 1.165) is 24.1 Å². The number of carbonyl (C=O) groups excluding carboxylic acids is 2. The van der Waals surface area contributed by atoms with Crippen molar-refractivity contribution in [3.05, 3.63) is 95.1 Å². The first-order chi connectivity index (χ1) is 14.3. The maximum atomic E-state index is 12.8. The molecule has 3 aromatic rings. The minimum atomic E-state index is -4.50. The fourth-order valence-electron chi connectivity index (χ4n) is 2.81. The van der Waals surface area contributed by atoms with Gasteiger partial charge in [0.2, 0.25) is 0 Å². The summed E-state index contributed by atoms with van der Waals surface area (Å²) in [6, 6.07) is 17.7. The molecule has 7 heteroatoms. The van der Waals surface area contributed by atoms with Crippen molar-refractivity contribution in [1.29, 1.82) is 0 Å². The maximum Gasteiger partial charge on any atom is 0.416 e. The molecule has 3 aromatic carbocycles. The zero-order valence-electron chi connectivity index (χ0n) is 16.1. The average molecular weight is 412 g/mol. The number of rotatable bonds is 5. The first kappa shape index (κ1) is 21.1. The largest absolute Gasteiger partial charge is 0.416 e. The quantitative estimate of drug-likeness (QED) is 0.559. The van der Waals surface area contributed by atoms with Crippen LogP contribution in [0.1, 0.15) is 38.8 Å². The Morgan fingerprint density at radius 1 is 0.767 bits per heavy atom. The van der Waals surface area contributed by atoms with Crippen LogP contribution in [-0.4, -0.2) is 11.8 Å². The summed E-state index contributed by atoms with van der Waals surface area (Å²) >= 11 is 0. The molecule has 0 heterocycles. The molecule has 2 N–H and O–H groups in total. The van der Waals surface area contributed by atoms with Crippen molar-refractivity contribution in [2.45, 2.75) is 19.5 Å². The van der Waals surface area contributed by atoms with E-state index >= 15 is 0 Å². The highest BCUT2D eigenvalue weighted by molar-refractivity contribution is 6.07. The summed E-state index contributed by atoms with van der Waals surface area (Å²) in [5.41, 5.74) is 1.37. The number of halogens is 3. The van der Waals surface area contributed by atoms with Gasteiger partial charge in [-0.15, -0.1) is 0 Å². The number of benzene rings is 3. The molecule has 30 heavy (non-hydrogen) atoms. The molecule has 0 saturated carbocycles. The number of hydrogen-bond donors (Lipinski definition) is 2. The number of anilines is 2. The highest BCUT2D eigenvalue weighted by atomic mass is 19.4. The van der Waals surface area contributed by atoms with Gasteiger partial charge in [-0.1, -0.05) is 31.2 Å². The van der Waals surface area contributed by atoms with E-state index in [1.807, 2.05) is 19.1 Å². The highest BCUT2D eigenvalue weighted by Crippen LogP contribution is 2.30. The van der Waals surface area contributed by atoms with Gasteiger partial charge in [0.25, 0.3) is 11.8 Å². The number of amides is 2. The Hall–Kier alpha value is -3.61. The van der Waals surface area contributed by atoms with Gasteiger partial charge in [0.05, 0.1) is 5.56 Å². The van der Waals surface area contributed by atoms with Crippen LogP contribution in [0.25, 0.3) is 0 Å². The summed E-state index contributed by atoms with van der Waals surface area (Å²) < 4.78 is 38.5. The van der Waals surface area contributed by atoms with Crippen molar-refractivity contribution in [3.63, 3.8) is 0 Å². The summed E-state index contributed by atoms with van der Waals surface area (Å²) in [7, 11) is 0. The highest BCUT2D eigenvalue weighted by Gasteiger charge is 2.30. The Morgan fingerprint density at radius 2 is 1.33 bits per heavy atom. The standard InChI is InChI=1S/C23H19F3N2O2/c1-2-15-9-11-16(12-10-15)21(29)27-19-7-3-5-17(13-19)22(30)28-20-8-4-6-18(14-20)23(24,25)26/h3-14H,2H2,1H3,(H,27,29)(H,28,30). The number of nitrogens with one attached hydrogen (secondary N) is 2. The molecule has 0 fully saturated rings. The Bertz CT molecular complexity index is 1060. The molecule has 0 bridgehead atoms. The van der Waals surface area contributed by atoms with Gasteiger partial charge in [0, 0.05) is 22.5 Å². The van der Waals surface area contributed by atoms with Gasteiger partial charge >= 0.3 is 6.18 Å². The molecule has 154 valence electrons. The van der Waals surface area contributed by atoms with E-state index in [1.165, 1.54) is 24.3 Å². The summed E-state index contributed by atoms with van der Waals surface area (Å²) in [5, 5.41) is 5.16. The topological polar surface area (TPSA) is 58.2 Å². The molecule has 0 aliphatic carbocycles. The molecular formula is C23H19F3N2O2. The third-order valence-corrected chi connectivity index (χ3v) is 4.45. The van der Waals surface area contributed by atoms with Gasteiger partial charge in [-0.25, -0.2) is 0 Å². The Morgan fingerprint density at radius 3 is 1.93 bits per heavy atom. The van der Waals surface area contributed by atoms with Crippen molar-refractivity contribution in [1.82, 2.24) is 0 Å². The molecule has 0 radical (unpaired) electrons. The molecule has 4 nitrogen and oxygen atoms in total. The van der Waals surface area contributed by atoms with E-state index in [0.29, 0.717) is 11.3 Å². The third kappa shape index (κ3) is 5.26. The Labute approximate surface area is 171 Å². The first-order valence-corrected chi connectivity index (χ1v) is 9.25. The Balaban J connectivity index is 1.71. The van der Waals surface area contributed by atoms with Crippen LogP contribution in [0.3, 0.4) is 0 Å². The van der Waals surface area contributed by atoms with Gasteiger partial charge in [-0.05, 0) is 60.5 Å². The number of hydrogen-bond acceptors (Lipinski definition) is 2. The van der Waals surface area contributed by atoms with Gasteiger partial charge in [0.15, 0.2) is 0 Å². The lowest BCUT2D eigenvalue weighted by atomic mass is 10.1. The van der Waals surface area contributed by atoms with Crippen molar-refractivity contribution in [2.24, 2.45) is 0 Å². The smallest absolute Gasteiger partial charge is 0.322 e. The average Bonchev–Trinajstić information content (AvgIpc) is 2.73. The van der Waals surface area contributed by atoms with Crippen LogP contribution in [-0.2, 0) is 12.6 Å². The van der Waals surface area contributed by atoms with Gasteiger partial charge in [-0.3, -0.25) is 9.59 Å². The molecule has 0 aliphatic rings. The van der Waals surface area contributed by atoms with Crippen molar-refractivity contribution >= 4 is 23.2 Å². The minimum Gasteiger partial charge on any atom is -0.322 e. The van der Waals surface area contributed by atoms with E-state index in [-0.39, 0.29) is 17.2 Å². The second kappa shape index (κ2) is 8.82. The van der Waals surface area contributed by atoms with Crippen molar-refractivity contribution in [3.8, 4) is 0 Å². The normalized spacial score (nSPS) is 11.1. The molecule has 0 saturated heterocycles. The van der Waals surface area contributed by atoms with Crippen molar-refractivity contribution in [2.75, 3.05) is 10.6 Å². The SMILES string of the molecule is CCc1ccc(C(=O)Nc2cccc(C(=O)Nc3cccc(C(F)(F)F)c3)c2)cc1. The van der Waals surface area contributed by atoms with Gasteiger partial charge < -0.3 is 10.6 Å². The van der Waals surface area contributed by atoms with Crippen LogP contribution in [0.2, 0.25) is 0 Å². The molecule has 0 spiro atoms. The molecule has 3 rings (SSSR count). The monoisotopic (exact) mass is 412 g/mol. The molecule has 0 aliphatic heterocycles. The second-order valence-electron chi connectivity index (χ2n) is 6.62. The number of aryl methyl sites for hydroxylation is 1. The lowest BCUT2D eigenvalue weighted by Gasteiger charge is -2.11. The fraction of sp³-hybridized carbons (Fsp3) is 0.130. The van der Waals surface area contributed by atoms with Crippen LogP contribution in [0.5, 0.6) is 0 Å². The maximum absolute atomic E-state index is 12.8. The lowest BCUT2D eigenvalue weighted by molar-refractivity contribution is -0.137. The van der Waals surface area contributed by atoms with E-state index < -0.39 is 17.6 Å². The van der Waals surface area contributed by atoms with Crippen LogP contribution >= 0.6 is 0 Å². The zero-order chi connectivity index (χ0) is 21.7. The molecule has 0 aromatic heterocycles. The molecular weight excluding hydrogens is 393 g/mol. The van der Waals surface area contributed by atoms with Crippen LogP contribution in [0.15, 0.2) is 72.8 Å². The predicted molar refractivity (Wildman–Crippen MR) is 110 cm³/mol. The summed E-state index contributed by atoms with van der Waals surface area (Å²) in [5.74, 6) is -0.911. The molecule has 0 unspecified atom stereocenters. The lowest BCUT2D eigenvalue weighted by Crippen LogP contribution is -2.15. The van der Waals surface area contributed by atoms with Gasteiger partial charge in [0.1, 0.15) is 0 Å². The Kier molecular flexibility index (Phi) is 6.20. The zero-order valence-corrected chi connectivity index (χ0v) is 16.1. The summed E-state index contributed by atoms with van der Waals surface area (Å²) in [6.45, 7) is 2.02. The van der Waals surface area contributed by atoms with Gasteiger partial charge in [-0.2, -0.15) is 13.2 Å². The molecule has 2 amide bonds. The van der Waals surface area contributed by atoms with E-state index in [1.54, 1.807) is 24.3 Å². The number of alkyl halides is 3. The number of carbonyl (C=O) groups is 2. The minimum absolute atomic E-state index is 0.0280. The van der Waals surface area contributed by atoms with Crippen LogP contribution in [0.4, 0.5) is 24.5 Å². The molecule has 0 atom stereocenters. The predicted octanol–water partition coefficient (Wildman–Crippen LogP) is 5.77. The first-order valence-electron chi connectivity index (χ1n) is 9.25. The van der Waals surface area contributed by atoms with E-state index in [9.17, 15) is 22.8 Å².